The highest BCUT2D eigenvalue weighted by Crippen LogP contribution is 2.24. The molecule has 31 heavy (non-hydrogen) atoms. The van der Waals surface area contributed by atoms with Crippen molar-refractivity contribution in [3.05, 3.63) is 94.5 Å². The first-order valence-electron chi connectivity index (χ1n) is 9.87. The van der Waals surface area contributed by atoms with Gasteiger partial charge in [0.15, 0.2) is 0 Å². The number of halogens is 1. The topological polar surface area (TPSA) is 66.5 Å². The molecule has 7 heteroatoms. The minimum Gasteiger partial charge on any atom is -0.322 e. The van der Waals surface area contributed by atoms with Gasteiger partial charge in [-0.05, 0) is 59.5 Å². The van der Waals surface area contributed by atoms with E-state index >= 15 is 0 Å². The van der Waals surface area contributed by atoms with Crippen LogP contribution in [0.15, 0.2) is 72.8 Å². The third-order valence-corrected chi connectivity index (χ3v) is 6.25. The zero-order valence-electron chi connectivity index (χ0n) is 17.7. The third kappa shape index (κ3) is 6.09. The average molecular weight is 457 g/mol. The van der Waals surface area contributed by atoms with Crippen LogP contribution in [-0.4, -0.2) is 20.6 Å². The fourth-order valence-electron chi connectivity index (χ4n) is 3.11. The minimum absolute atomic E-state index is 0.137. The number of carbonyl (C=O) groups excluding carboxylic acids is 1. The van der Waals surface area contributed by atoms with Crippen molar-refractivity contribution >= 4 is 38.9 Å². The summed E-state index contributed by atoms with van der Waals surface area (Å²) in [5.41, 5.74) is 3.66. The largest absolute Gasteiger partial charge is 0.322 e. The molecule has 0 unspecified atom stereocenters. The lowest BCUT2D eigenvalue weighted by atomic mass is 10.0. The quantitative estimate of drug-likeness (QED) is 0.497. The zero-order chi connectivity index (χ0) is 22.6. The Kier molecular flexibility index (Phi) is 7.03. The lowest BCUT2D eigenvalue weighted by Gasteiger charge is -2.22. The average Bonchev–Trinajstić information content (AvgIpc) is 2.72. The van der Waals surface area contributed by atoms with Crippen molar-refractivity contribution in [3.63, 3.8) is 0 Å². The lowest BCUT2D eigenvalue weighted by Crippen LogP contribution is -2.29. The van der Waals surface area contributed by atoms with Crippen molar-refractivity contribution in [3.8, 4) is 0 Å². The fourth-order valence-corrected chi connectivity index (χ4v) is 4.18. The summed E-state index contributed by atoms with van der Waals surface area (Å²) in [4.78, 5) is 12.6. The Hall–Kier alpha value is -2.83. The molecule has 0 spiro atoms. The van der Waals surface area contributed by atoms with Gasteiger partial charge >= 0.3 is 0 Å². The zero-order valence-corrected chi connectivity index (χ0v) is 19.2. The van der Waals surface area contributed by atoms with Crippen LogP contribution in [0.25, 0.3) is 0 Å². The first kappa shape index (κ1) is 22.8. The maximum absolute atomic E-state index is 12.6. The number of amides is 1. The Morgan fingerprint density at radius 2 is 1.65 bits per heavy atom. The van der Waals surface area contributed by atoms with E-state index in [4.69, 9.17) is 11.6 Å². The standard InChI is InChI=1S/C24H25ClN2O3S/c1-17(2)19-11-13-22(14-12-19)26-24(28)20-9-7-18(8-10-20)16-27(31(3,29)30)23-6-4-5-21(25)15-23/h4-15,17H,16H2,1-3H3,(H,26,28). The molecule has 3 aromatic carbocycles. The second kappa shape index (κ2) is 9.54. The highest BCUT2D eigenvalue weighted by Gasteiger charge is 2.18. The predicted molar refractivity (Wildman–Crippen MR) is 127 cm³/mol. The summed E-state index contributed by atoms with van der Waals surface area (Å²) in [5, 5.41) is 3.34. The van der Waals surface area contributed by atoms with Gasteiger partial charge in [-0.3, -0.25) is 9.10 Å². The van der Waals surface area contributed by atoms with E-state index in [2.05, 4.69) is 19.2 Å². The van der Waals surface area contributed by atoms with Crippen LogP contribution in [0.5, 0.6) is 0 Å². The number of benzene rings is 3. The van der Waals surface area contributed by atoms with Gasteiger partial charge in [0.25, 0.3) is 5.91 Å². The van der Waals surface area contributed by atoms with E-state index in [-0.39, 0.29) is 12.5 Å². The maximum Gasteiger partial charge on any atom is 0.255 e. The van der Waals surface area contributed by atoms with Gasteiger partial charge in [0.2, 0.25) is 10.0 Å². The Morgan fingerprint density at radius 1 is 1.00 bits per heavy atom. The first-order valence-corrected chi connectivity index (χ1v) is 12.1. The van der Waals surface area contributed by atoms with Crippen LogP contribution in [0, 0.1) is 0 Å². The SMILES string of the molecule is CC(C)c1ccc(NC(=O)c2ccc(CN(c3cccc(Cl)c3)S(C)(=O)=O)cc2)cc1. The van der Waals surface area contributed by atoms with Crippen molar-refractivity contribution in [2.24, 2.45) is 0 Å². The van der Waals surface area contributed by atoms with Crippen molar-refractivity contribution in [2.75, 3.05) is 15.9 Å². The number of anilines is 2. The second-order valence-electron chi connectivity index (χ2n) is 7.68. The third-order valence-electron chi connectivity index (χ3n) is 4.87. The summed E-state index contributed by atoms with van der Waals surface area (Å²) in [5.74, 6) is 0.203. The first-order chi connectivity index (χ1) is 14.6. The molecule has 0 bridgehead atoms. The molecule has 0 saturated heterocycles. The van der Waals surface area contributed by atoms with Gasteiger partial charge in [0.05, 0.1) is 18.5 Å². The monoisotopic (exact) mass is 456 g/mol. The summed E-state index contributed by atoms with van der Waals surface area (Å²) < 4.78 is 25.9. The van der Waals surface area contributed by atoms with E-state index in [0.717, 1.165) is 17.5 Å². The van der Waals surface area contributed by atoms with Gasteiger partial charge in [-0.15, -0.1) is 0 Å². The van der Waals surface area contributed by atoms with E-state index in [9.17, 15) is 13.2 Å². The molecule has 1 N–H and O–H groups in total. The molecule has 0 aliphatic heterocycles. The molecule has 0 saturated carbocycles. The van der Waals surface area contributed by atoms with Crippen LogP contribution in [0.4, 0.5) is 11.4 Å². The smallest absolute Gasteiger partial charge is 0.255 e. The highest BCUT2D eigenvalue weighted by atomic mass is 35.5. The number of sulfonamides is 1. The summed E-state index contributed by atoms with van der Waals surface area (Å²) in [6, 6.07) is 21.3. The van der Waals surface area contributed by atoms with Crippen LogP contribution in [0.1, 0.15) is 41.3 Å². The van der Waals surface area contributed by atoms with E-state index in [1.807, 2.05) is 24.3 Å². The van der Waals surface area contributed by atoms with Gasteiger partial charge in [0.1, 0.15) is 0 Å². The summed E-state index contributed by atoms with van der Waals surface area (Å²) >= 11 is 6.02. The molecule has 0 aromatic heterocycles. The second-order valence-corrected chi connectivity index (χ2v) is 10.0. The van der Waals surface area contributed by atoms with Crippen molar-refractivity contribution < 1.29 is 13.2 Å². The molecular weight excluding hydrogens is 432 g/mol. The molecule has 0 heterocycles. The van der Waals surface area contributed by atoms with E-state index < -0.39 is 10.0 Å². The van der Waals surface area contributed by atoms with Crippen molar-refractivity contribution in [2.45, 2.75) is 26.3 Å². The molecule has 3 aromatic rings. The predicted octanol–water partition coefficient (Wildman–Crippen LogP) is 5.68. The normalized spacial score (nSPS) is 11.4. The number of hydrogen-bond acceptors (Lipinski definition) is 3. The molecule has 0 fully saturated rings. The molecule has 1 amide bonds. The van der Waals surface area contributed by atoms with Gasteiger partial charge in [-0.25, -0.2) is 8.42 Å². The molecule has 3 rings (SSSR count). The van der Waals surface area contributed by atoms with Crippen LogP contribution in [0.3, 0.4) is 0 Å². The molecule has 0 aliphatic rings. The van der Waals surface area contributed by atoms with E-state index in [1.165, 1.54) is 9.87 Å². The molecule has 5 nitrogen and oxygen atoms in total. The Morgan fingerprint density at radius 3 is 2.19 bits per heavy atom. The van der Waals surface area contributed by atoms with Crippen molar-refractivity contribution in [1.82, 2.24) is 0 Å². The fraction of sp³-hybridized carbons (Fsp3) is 0.208. The number of nitrogens with zero attached hydrogens (tertiary/aromatic N) is 1. The Balaban J connectivity index is 1.73. The summed E-state index contributed by atoms with van der Waals surface area (Å²) in [6.07, 6.45) is 1.15. The summed E-state index contributed by atoms with van der Waals surface area (Å²) in [6.45, 7) is 4.37. The molecule has 0 aliphatic carbocycles. The summed E-state index contributed by atoms with van der Waals surface area (Å²) in [7, 11) is -3.51. The number of rotatable bonds is 7. The van der Waals surface area contributed by atoms with Crippen LogP contribution < -0.4 is 9.62 Å². The number of hydrogen-bond donors (Lipinski definition) is 1. The van der Waals surface area contributed by atoms with Gasteiger partial charge < -0.3 is 5.32 Å². The van der Waals surface area contributed by atoms with E-state index in [0.29, 0.717) is 22.2 Å². The van der Waals surface area contributed by atoms with Gasteiger partial charge in [-0.2, -0.15) is 0 Å². The Labute approximate surface area is 188 Å². The molecule has 162 valence electrons. The molecule has 0 atom stereocenters. The molecule has 0 radical (unpaired) electrons. The van der Waals surface area contributed by atoms with Gasteiger partial charge in [0, 0.05) is 16.3 Å². The highest BCUT2D eigenvalue weighted by molar-refractivity contribution is 7.92. The van der Waals surface area contributed by atoms with Crippen LogP contribution >= 0.6 is 11.6 Å². The van der Waals surface area contributed by atoms with Crippen LogP contribution in [-0.2, 0) is 16.6 Å². The Bertz CT molecular complexity index is 1160. The maximum atomic E-state index is 12.6. The van der Waals surface area contributed by atoms with Gasteiger partial charge in [-0.1, -0.05) is 55.8 Å². The van der Waals surface area contributed by atoms with Crippen molar-refractivity contribution in [1.29, 1.82) is 0 Å². The minimum atomic E-state index is -3.51. The number of nitrogens with one attached hydrogen (secondary N) is 1. The van der Waals surface area contributed by atoms with Crippen LogP contribution in [0.2, 0.25) is 5.02 Å². The number of carbonyl (C=O) groups is 1. The van der Waals surface area contributed by atoms with E-state index in [1.54, 1.807) is 48.5 Å². The molecular formula is C24H25ClN2O3S. The lowest BCUT2D eigenvalue weighted by molar-refractivity contribution is 0.102.